The minimum Gasteiger partial charge on any atom is -0.346 e. The van der Waals surface area contributed by atoms with E-state index in [1.165, 1.54) is 0 Å². The Hall–Kier alpha value is -3.72. The van der Waals surface area contributed by atoms with Crippen molar-refractivity contribution >= 4 is 33.2 Å². The number of sulfonamides is 1. The van der Waals surface area contributed by atoms with E-state index in [0.717, 1.165) is 11.8 Å². The summed E-state index contributed by atoms with van der Waals surface area (Å²) in [5.41, 5.74) is 2.20. The summed E-state index contributed by atoms with van der Waals surface area (Å²) in [6.45, 7) is 0. The van der Waals surface area contributed by atoms with E-state index >= 15 is 0 Å². The molecule has 3 N–H and O–H groups in total. The molecule has 3 aliphatic rings. The second kappa shape index (κ2) is 7.95. The first-order chi connectivity index (χ1) is 16.2. The van der Waals surface area contributed by atoms with Crippen LogP contribution in [0.1, 0.15) is 29.6 Å². The smallest absolute Gasteiger partial charge is 0.253 e. The third-order valence-electron chi connectivity index (χ3n) is 6.44. The Morgan fingerprint density at radius 1 is 0.882 bits per heavy atom. The van der Waals surface area contributed by atoms with Crippen LogP contribution in [0.2, 0.25) is 0 Å². The lowest BCUT2D eigenvalue weighted by Crippen LogP contribution is -2.77. The molecule has 9 heteroatoms. The first-order valence-corrected chi connectivity index (χ1v) is 12.8. The average molecular weight is 477 g/mol. The Labute approximate surface area is 197 Å². The number of anilines is 2. The van der Waals surface area contributed by atoms with Crippen molar-refractivity contribution in [3.63, 3.8) is 0 Å². The van der Waals surface area contributed by atoms with E-state index in [0.29, 0.717) is 41.9 Å². The van der Waals surface area contributed by atoms with E-state index in [1.54, 1.807) is 42.6 Å². The molecule has 0 saturated heterocycles. The van der Waals surface area contributed by atoms with E-state index in [9.17, 15) is 18.0 Å². The molecule has 0 aliphatic heterocycles. The highest BCUT2D eigenvalue weighted by Crippen LogP contribution is 2.67. The Morgan fingerprint density at radius 2 is 1.53 bits per heavy atom. The van der Waals surface area contributed by atoms with E-state index in [2.05, 4.69) is 20.3 Å². The van der Waals surface area contributed by atoms with Crippen LogP contribution in [0, 0.1) is 5.41 Å². The van der Waals surface area contributed by atoms with Crippen molar-refractivity contribution in [2.75, 3.05) is 16.3 Å². The van der Waals surface area contributed by atoms with Gasteiger partial charge < -0.3 is 10.6 Å². The molecule has 0 spiro atoms. The molecule has 34 heavy (non-hydrogen) atoms. The van der Waals surface area contributed by atoms with Gasteiger partial charge in [0.25, 0.3) is 5.91 Å². The van der Waals surface area contributed by atoms with Crippen LogP contribution in [-0.2, 0) is 14.8 Å². The minimum absolute atomic E-state index is 0.0844. The zero-order valence-electron chi connectivity index (χ0n) is 18.5. The molecule has 6 rings (SSSR count). The zero-order chi connectivity index (χ0) is 24.0. The van der Waals surface area contributed by atoms with Crippen LogP contribution in [-0.4, -0.2) is 37.0 Å². The minimum atomic E-state index is -3.36. The zero-order valence-corrected chi connectivity index (χ0v) is 19.4. The van der Waals surface area contributed by atoms with Crippen molar-refractivity contribution in [1.82, 2.24) is 10.3 Å². The van der Waals surface area contributed by atoms with Crippen LogP contribution in [0.3, 0.4) is 0 Å². The van der Waals surface area contributed by atoms with Gasteiger partial charge in [0, 0.05) is 28.7 Å². The number of hydrogen-bond acceptors (Lipinski definition) is 5. The molecule has 1 aromatic heterocycles. The molecule has 0 radical (unpaired) electrons. The summed E-state index contributed by atoms with van der Waals surface area (Å²) in [7, 11) is -3.36. The van der Waals surface area contributed by atoms with Crippen LogP contribution < -0.4 is 15.4 Å². The molecule has 2 aromatic carbocycles. The van der Waals surface area contributed by atoms with Crippen molar-refractivity contribution in [3.8, 4) is 11.3 Å². The van der Waals surface area contributed by atoms with Gasteiger partial charge >= 0.3 is 0 Å². The number of carbonyl (C=O) groups is 2. The van der Waals surface area contributed by atoms with Crippen molar-refractivity contribution in [1.29, 1.82) is 0 Å². The molecule has 174 valence electrons. The first kappa shape index (κ1) is 22.1. The molecule has 0 atom stereocenters. The van der Waals surface area contributed by atoms with Crippen molar-refractivity contribution in [2.24, 2.45) is 5.41 Å². The van der Waals surface area contributed by atoms with Crippen LogP contribution in [0.15, 0.2) is 72.9 Å². The quantitative estimate of drug-likeness (QED) is 0.483. The number of rotatable bonds is 7. The number of pyridine rings is 1. The van der Waals surface area contributed by atoms with Gasteiger partial charge in [-0.15, -0.1) is 0 Å². The number of nitrogens with one attached hydrogen (secondary N) is 3. The van der Waals surface area contributed by atoms with Crippen LogP contribution in [0.5, 0.6) is 0 Å². The summed E-state index contributed by atoms with van der Waals surface area (Å²) in [6, 6.07) is 19.6. The fourth-order valence-electron chi connectivity index (χ4n) is 4.98. The maximum absolute atomic E-state index is 13.1. The van der Waals surface area contributed by atoms with E-state index in [-0.39, 0.29) is 17.4 Å². The number of carbonyl (C=O) groups excluding carboxylic acids is 2. The highest BCUT2D eigenvalue weighted by atomic mass is 32.2. The maximum Gasteiger partial charge on any atom is 0.253 e. The predicted octanol–water partition coefficient (Wildman–Crippen LogP) is 3.41. The SMILES string of the molecule is CS(=O)(=O)Nc1ccc(NC(=O)C23CC(NC(=O)c4cccnc4-c4ccccc4)(C2)C3)cc1. The molecule has 3 fully saturated rings. The summed E-state index contributed by atoms with van der Waals surface area (Å²) in [5, 5.41) is 6.04. The Kier molecular flexibility index (Phi) is 5.16. The molecule has 8 nitrogen and oxygen atoms in total. The number of nitrogens with zero attached hydrogens (tertiary/aromatic N) is 1. The standard InChI is InChI=1S/C25H24N4O4S/c1-34(32,33)29-19-11-9-18(10-12-19)27-23(31)24-14-25(15-24,16-24)28-22(30)20-8-5-13-26-21(20)17-6-3-2-4-7-17/h2-13,29H,14-16H2,1H3,(H,27,31)(H,28,30). The van der Waals surface area contributed by atoms with Gasteiger partial charge in [-0.3, -0.25) is 19.3 Å². The van der Waals surface area contributed by atoms with Gasteiger partial charge in [0.1, 0.15) is 0 Å². The van der Waals surface area contributed by atoms with Crippen LogP contribution >= 0.6 is 0 Å². The highest BCUT2D eigenvalue weighted by molar-refractivity contribution is 7.92. The second-order valence-corrected chi connectivity index (χ2v) is 11.0. The molecule has 3 saturated carbocycles. The molecule has 3 aromatic rings. The fourth-order valence-corrected chi connectivity index (χ4v) is 5.55. The third kappa shape index (κ3) is 4.14. The van der Waals surface area contributed by atoms with Crippen molar-refractivity contribution in [3.05, 3.63) is 78.5 Å². The average Bonchev–Trinajstić information content (AvgIpc) is 2.76. The normalized spacial score (nSPS) is 22.6. The maximum atomic E-state index is 13.1. The summed E-state index contributed by atoms with van der Waals surface area (Å²) >= 11 is 0. The predicted molar refractivity (Wildman–Crippen MR) is 130 cm³/mol. The summed E-state index contributed by atoms with van der Waals surface area (Å²) in [4.78, 5) is 30.3. The highest BCUT2D eigenvalue weighted by Gasteiger charge is 2.72. The number of hydrogen-bond donors (Lipinski definition) is 3. The largest absolute Gasteiger partial charge is 0.346 e. The van der Waals surface area contributed by atoms with Crippen LogP contribution in [0.25, 0.3) is 11.3 Å². The van der Waals surface area contributed by atoms with E-state index < -0.39 is 15.4 Å². The van der Waals surface area contributed by atoms with Gasteiger partial charge in [0.2, 0.25) is 15.9 Å². The monoisotopic (exact) mass is 476 g/mol. The molecule has 3 aliphatic carbocycles. The van der Waals surface area contributed by atoms with Gasteiger partial charge in [0.15, 0.2) is 0 Å². The first-order valence-electron chi connectivity index (χ1n) is 10.9. The van der Waals surface area contributed by atoms with Gasteiger partial charge in [-0.05, 0) is 55.7 Å². The van der Waals surface area contributed by atoms with Gasteiger partial charge in [-0.2, -0.15) is 0 Å². The Balaban J connectivity index is 1.20. The Morgan fingerprint density at radius 3 is 2.18 bits per heavy atom. The van der Waals surface area contributed by atoms with Gasteiger partial charge in [-0.1, -0.05) is 30.3 Å². The third-order valence-corrected chi connectivity index (χ3v) is 7.04. The van der Waals surface area contributed by atoms with Gasteiger partial charge in [-0.25, -0.2) is 8.42 Å². The number of amides is 2. The van der Waals surface area contributed by atoms with Crippen molar-refractivity contribution in [2.45, 2.75) is 24.8 Å². The fraction of sp³-hybridized carbons (Fsp3) is 0.240. The molecule has 2 bridgehead atoms. The summed E-state index contributed by atoms with van der Waals surface area (Å²) < 4.78 is 25.0. The molecular formula is C25H24N4O4S. The lowest BCUT2D eigenvalue weighted by molar-refractivity contribution is -0.172. The topological polar surface area (TPSA) is 117 Å². The summed E-state index contributed by atoms with van der Waals surface area (Å²) in [5.74, 6) is -0.270. The Bertz CT molecular complexity index is 1350. The van der Waals surface area contributed by atoms with Crippen molar-refractivity contribution < 1.29 is 18.0 Å². The molecular weight excluding hydrogens is 452 g/mol. The van der Waals surface area contributed by atoms with Gasteiger partial charge in [0.05, 0.1) is 22.9 Å². The lowest BCUT2D eigenvalue weighted by atomic mass is 9.39. The molecule has 1 heterocycles. The van der Waals surface area contributed by atoms with E-state index in [4.69, 9.17) is 0 Å². The number of aromatic nitrogens is 1. The number of benzene rings is 2. The van der Waals surface area contributed by atoms with E-state index in [1.807, 2.05) is 30.3 Å². The second-order valence-electron chi connectivity index (χ2n) is 9.22. The lowest BCUT2D eigenvalue weighted by Gasteiger charge is -2.69. The molecule has 2 amide bonds. The molecule has 0 unspecified atom stereocenters. The summed E-state index contributed by atoms with van der Waals surface area (Å²) in [6.07, 6.45) is 4.52. The van der Waals surface area contributed by atoms with Crippen LogP contribution in [0.4, 0.5) is 11.4 Å².